The maximum atomic E-state index is 13.1. The molecule has 0 radical (unpaired) electrons. The molecule has 142 valence electrons. The number of H-pyrrole nitrogens is 1. The van der Waals surface area contributed by atoms with Crippen LogP contribution >= 0.6 is 0 Å². The van der Waals surface area contributed by atoms with Crippen molar-refractivity contribution in [3.63, 3.8) is 0 Å². The molecular formula is C21H27N5O. The maximum Gasteiger partial charge on any atom is 0.245 e. The average Bonchev–Trinajstić information content (AvgIpc) is 3.31. The van der Waals surface area contributed by atoms with Gasteiger partial charge in [-0.3, -0.25) is 9.89 Å². The molecule has 1 saturated carbocycles. The minimum absolute atomic E-state index is 0.0816. The van der Waals surface area contributed by atoms with Gasteiger partial charge in [-0.25, -0.2) is 4.98 Å². The quantitative estimate of drug-likeness (QED) is 0.692. The average molecular weight is 365 g/mol. The van der Waals surface area contributed by atoms with Crippen molar-refractivity contribution in [2.24, 2.45) is 0 Å². The molecule has 6 nitrogen and oxygen atoms in total. The zero-order chi connectivity index (χ0) is 19.0. The molecule has 0 aliphatic heterocycles. The predicted molar refractivity (Wildman–Crippen MR) is 105 cm³/mol. The van der Waals surface area contributed by atoms with Gasteiger partial charge in [-0.15, -0.1) is 0 Å². The van der Waals surface area contributed by atoms with Crippen LogP contribution in [0.5, 0.6) is 0 Å². The highest BCUT2D eigenvalue weighted by Crippen LogP contribution is 2.39. The highest BCUT2D eigenvalue weighted by Gasteiger charge is 2.27. The number of nitrogens with one attached hydrogen (secondary N) is 1. The number of nitrogens with zero attached hydrogens (tertiary/aromatic N) is 4. The zero-order valence-corrected chi connectivity index (χ0v) is 16.3. The second-order valence-electron chi connectivity index (χ2n) is 7.60. The molecule has 1 amide bonds. The van der Waals surface area contributed by atoms with Crippen LogP contribution in [0.1, 0.15) is 62.3 Å². The third-order valence-electron chi connectivity index (χ3n) is 5.32. The van der Waals surface area contributed by atoms with Gasteiger partial charge in [0.1, 0.15) is 11.9 Å². The molecule has 3 aromatic rings. The van der Waals surface area contributed by atoms with Crippen LogP contribution in [0.2, 0.25) is 0 Å². The van der Waals surface area contributed by atoms with Crippen molar-refractivity contribution in [2.45, 2.75) is 58.0 Å². The first-order valence-electron chi connectivity index (χ1n) is 9.83. The summed E-state index contributed by atoms with van der Waals surface area (Å²) in [6, 6.07) is 9.85. The van der Waals surface area contributed by atoms with E-state index in [0.29, 0.717) is 12.5 Å². The van der Waals surface area contributed by atoms with Crippen LogP contribution in [0, 0.1) is 0 Å². The monoisotopic (exact) mass is 365 g/mol. The molecule has 27 heavy (non-hydrogen) atoms. The Kier molecular flexibility index (Phi) is 4.72. The smallest absolute Gasteiger partial charge is 0.245 e. The van der Waals surface area contributed by atoms with Crippen molar-refractivity contribution in [2.75, 3.05) is 7.05 Å². The molecule has 0 spiro atoms. The number of likely N-dealkylation sites (N-methyl/N-ethyl adjacent to an activating group) is 1. The van der Waals surface area contributed by atoms with Crippen LogP contribution in [0.15, 0.2) is 30.3 Å². The largest absolute Gasteiger partial charge is 0.338 e. The van der Waals surface area contributed by atoms with E-state index in [1.54, 1.807) is 4.90 Å². The summed E-state index contributed by atoms with van der Waals surface area (Å²) in [6.07, 6.45) is 4.31. The SMILES string of the molecule is CCCc1nc2ccccc2n1C(C)C(=O)N(C)Cc1cc(C2CC2)n[nH]1. The van der Waals surface area contributed by atoms with E-state index in [0.717, 1.165) is 41.1 Å². The molecular weight excluding hydrogens is 338 g/mol. The van der Waals surface area contributed by atoms with Crippen molar-refractivity contribution in [3.05, 3.63) is 47.5 Å². The Hall–Kier alpha value is -2.63. The fraction of sp³-hybridized carbons (Fsp3) is 0.476. The van der Waals surface area contributed by atoms with E-state index in [2.05, 4.69) is 27.8 Å². The summed E-state index contributed by atoms with van der Waals surface area (Å²) in [5.41, 5.74) is 4.09. The Balaban J connectivity index is 1.55. The first kappa shape index (κ1) is 17.8. The molecule has 1 N–H and O–H groups in total. The van der Waals surface area contributed by atoms with Gasteiger partial charge in [-0.2, -0.15) is 5.10 Å². The number of aryl methyl sites for hydroxylation is 1. The molecule has 1 aromatic carbocycles. The van der Waals surface area contributed by atoms with E-state index in [9.17, 15) is 4.79 Å². The number of benzene rings is 1. The van der Waals surface area contributed by atoms with E-state index < -0.39 is 0 Å². The highest BCUT2D eigenvalue weighted by atomic mass is 16.2. The van der Waals surface area contributed by atoms with Gasteiger partial charge in [0.25, 0.3) is 0 Å². The lowest BCUT2D eigenvalue weighted by Gasteiger charge is -2.23. The lowest BCUT2D eigenvalue weighted by atomic mass is 10.2. The Labute approximate surface area is 159 Å². The van der Waals surface area contributed by atoms with Gasteiger partial charge in [0.2, 0.25) is 5.91 Å². The Morgan fingerprint density at radius 1 is 1.37 bits per heavy atom. The standard InChI is InChI=1S/C21H27N5O/c1-4-7-20-22-17-8-5-6-9-19(17)26(20)14(2)21(27)25(3)13-16-12-18(24-23-16)15-10-11-15/h5-6,8-9,12,14-15H,4,7,10-11,13H2,1-3H3,(H,23,24). The summed E-state index contributed by atoms with van der Waals surface area (Å²) in [4.78, 5) is 19.7. The first-order chi connectivity index (χ1) is 13.1. The number of fused-ring (bicyclic) bond motifs is 1. The van der Waals surface area contributed by atoms with Crippen LogP contribution in [0.25, 0.3) is 11.0 Å². The summed E-state index contributed by atoms with van der Waals surface area (Å²) in [7, 11) is 1.86. The van der Waals surface area contributed by atoms with Gasteiger partial charge in [0.15, 0.2) is 0 Å². The lowest BCUT2D eigenvalue weighted by molar-refractivity contribution is -0.133. The number of carbonyl (C=O) groups is 1. The number of hydrogen-bond acceptors (Lipinski definition) is 3. The minimum Gasteiger partial charge on any atom is -0.338 e. The Morgan fingerprint density at radius 3 is 2.89 bits per heavy atom. The van der Waals surface area contributed by atoms with Crippen molar-refractivity contribution >= 4 is 16.9 Å². The van der Waals surface area contributed by atoms with Gasteiger partial charge in [0.05, 0.1) is 29.0 Å². The van der Waals surface area contributed by atoms with E-state index >= 15 is 0 Å². The van der Waals surface area contributed by atoms with E-state index in [1.807, 2.05) is 38.2 Å². The van der Waals surface area contributed by atoms with Crippen molar-refractivity contribution in [1.29, 1.82) is 0 Å². The van der Waals surface area contributed by atoms with Gasteiger partial charge < -0.3 is 9.47 Å². The number of imidazole rings is 1. The van der Waals surface area contributed by atoms with Crippen LogP contribution < -0.4 is 0 Å². The molecule has 1 atom stereocenters. The van der Waals surface area contributed by atoms with Gasteiger partial charge >= 0.3 is 0 Å². The lowest BCUT2D eigenvalue weighted by Crippen LogP contribution is -2.33. The molecule has 0 bridgehead atoms. The number of aromatic amines is 1. The van der Waals surface area contributed by atoms with E-state index in [-0.39, 0.29) is 11.9 Å². The van der Waals surface area contributed by atoms with E-state index in [1.165, 1.54) is 12.8 Å². The fourth-order valence-corrected chi connectivity index (χ4v) is 3.74. The Morgan fingerprint density at radius 2 is 2.15 bits per heavy atom. The first-order valence-corrected chi connectivity index (χ1v) is 9.83. The third kappa shape index (κ3) is 3.48. The summed E-state index contributed by atoms with van der Waals surface area (Å²) in [5.74, 6) is 1.67. The van der Waals surface area contributed by atoms with Crippen LogP contribution in [0.4, 0.5) is 0 Å². The molecule has 1 aliphatic carbocycles. The molecule has 2 aromatic heterocycles. The zero-order valence-electron chi connectivity index (χ0n) is 16.3. The summed E-state index contributed by atoms with van der Waals surface area (Å²) >= 11 is 0. The number of hydrogen-bond donors (Lipinski definition) is 1. The van der Waals surface area contributed by atoms with Crippen molar-refractivity contribution in [1.82, 2.24) is 24.6 Å². The van der Waals surface area contributed by atoms with Crippen molar-refractivity contribution < 1.29 is 4.79 Å². The second kappa shape index (κ2) is 7.18. The number of carbonyl (C=O) groups excluding carboxylic acids is 1. The van der Waals surface area contributed by atoms with Crippen LogP contribution in [0.3, 0.4) is 0 Å². The molecule has 4 rings (SSSR count). The van der Waals surface area contributed by atoms with Gasteiger partial charge in [0, 0.05) is 19.4 Å². The number of para-hydroxylation sites is 2. The van der Waals surface area contributed by atoms with Gasteiger partial charge in [-0.1, -0.05) is 19.1 Å². The van der Waals surface area contributed by atoms with Gasteiger partial charge in [-0.05, 0) is 44.4 Å². The molecule has 1 fully saturated rings. The molecule has 2 heterocycles. The third-order valence-corrected chi connectivity index (χ3v) is 5.32. The molecule has 0 saturated heterocycles. The minimum atomic E-state index is -0.297. The second-order valence-corrected chi connectivity index (χ2v) is 7.60. The number of rotatable bonds is 7. The fourth-order valence-electron chi connectivity index (χ4n) is 3.74. The summed E-state index contributed by atoms with van der Waals surface area (Å²) < 4.78 is 2.10. The Bertz CT molecular complexity index is 953. The molecule has 1 unspecified atom stereocenters. The van der Waals surface area contributed by atoms with E-state index in [4.69, 9.17) is 4.98 Å². The maximum absolute atomic E-state index is 13.1. The molecule has 1 aliphatic rings. The number of aromatic nitrogens is 4. The summed E-state index contributed by atoms with van der Waals surface area (Å²) in [5, 5.41) is 7.47. The normalized spacial score (nSPS) is 15.2. The molecule has 6 heteroatoms. The van der Waals surface area contributed by atoms with Crippen LogP contribution in [-0.2, 0) is 17.8 Å². The topological polar surface area (TPSA) is 66.8 Å². The van der Waals surface area contributed by atoms with Crippen LogP contribution in [-0.4, -0.2) is 37.6 Å². The highest BCUT2D eigenvalue weighted by molar-refractivity contribution is 5.84. The number of amides is 1. The summed E-state index contributed by atoms with van der Waals surface area (Å²) in [6.45, 7) is 4.64. The van der Waals surface area contributed by atoms with Crippen molar-refractivity contribution in [3.8, 4) is 0 Å². The predicted octanol–water partition coefficient (Wildman–Crippen LogP) is 3.81.